The normalized spacial score (nSPS) is 8.12. The van der Waals surface area contributed by atoms with Crippen LogP contribution in [0.25, 0.3) is 0 Å². The van der Waals surface area contributed by atoms with Gasteiger partial charge < -0.3 is 0 Å². The van der Waals surface area contributed by atoms with Gasteiger partial charge in [0, 0.05) is 17.1 Å². The Bertz CT molecular complexity index is 99.2. The van der Waals surface area contributed by atoms with E-state index in [0.29, 0.717) is 0 Å². The molecule has 2 N–H and O–H groups in total. The van der Waals surface area contributed by atoms with Crippen molar-refractivity contribution >= 4 is 64.4 Å². The Hall–Kier alpha value is 2.76. The number of hydrogen-bond acceptors (Lipinski definition) is 2. The van der Waals surface area contributed by atoms with Crippen LogP contribution in [0.1, 0.15) is 0 Å². The van der Waals surface area contributed by atoms with Gasteiger partial charge in [-0.1, -0.05) is 0 Å². The van der Waals surface area contributed by atoms with Crippen molar-refractivity contribution in [2.24, 2.45) is 0 Å². The van der Waals surface area contributed by atoms with Gasteiger partial charge in [-0.15, -0.1) is 0 Å². The summed E-state index contributed by atoms with van der Waals surface area (Å²) in [5.74, 6) is 0. The van der Waals surface area contributed by atoms with Crippen LogP contribution in [0.4, 0.5) is 0 Å². The molecule has 0 spiro atoms. The average molecular weight is 328 g/mol. The summed E-state index contributed by atoms with van der Waals surface area (Å²) >= 11 is 3.37. The summed E-state index contributed by atoms with van der Waals surface area (Å²) in [7, 11) is -4.67. The minimum absolute atomic E-state index is 0. The molecule has 0 atom stereocenters. The third kappa shape index (κ3) is 69.4. The van der Waals surface area contributed by atoms with Crippen molar-refractivity contribution in [2.45, 2.75) is 0 Å². The quantitative estimate of drug-likeness (QED) is 0.369. The van der Waals surface area contributed by atoms with E-state index in [1.54, 1.807) is 0 Å². The molecule has 8 heteroatoms. The molecule has 0 amide bonds. The summed E-state index contributed by atoms with van der Waals surface area (Å²) < 4.78 is 31.6. The summed E-state index contributed by atoms with van der Waals surface area (Å²) in [4.78, 5) is 0. The molecule has 0 aromatic rings. The first kappa shape index (κ1) is 17.0. The fourth-order valence-electron chi connectivity index (χ4n) is 0. The van der Waals surface area contributed by atoms with Crippen molar-refractivity contribution in [1.29, 1.82) is 0 Å². The summed E-state index contributed by atoms with van der Waals surface area (Å²) in [5, 5.41) is 0. The van der Waals surface area contributed by atoms with Gasteiger partial charge in [0.15, 0.2) is 0 Å². The van der Waals surface area contributed by atoms with E-state index in [2.05, 4.69) is 11.3 Å². The Balaban J connectivity index is -0.0000000750. The molecule has 51 valence electrons. The van der Waals surface area contributed by atoms with Crippen LogP contribution in [-0.4, -0.2) is 60.2 Å². The second-order valence-electron chi connectivity index (χ2n) is 0.448. The van der Waals surface area contributed by atoms with Crippen LogP contribution >= 0.6 is 11.3 Å². The van der Waals surface area contributed by atoms with Gasteiger partial charge in [0.05, 0.1) is 0 Å². The van der Waals surface area contributed by atoms with Gasteiger partial charge in [0.2, 0.25) is 0 Å². The second kappa shape index (κ2) is 9.76. The van der Waals surface area contributed by atoms with E-state index in [-0.39, 0.29) is 17.1 Å². The zero-order valence-corrected chi connectivity index (χ0v) is 10.8. The number of rotatable bonds is 0. The molecule has 0 bridgehead atoms. The summed E-state index contributed by atoms with van der Waals surface area (Å²) in [5.41, 5.74) is 0. The molecule has 0 fully saturated rings. The van der Waals surface area contributed by atoms with Crippen LogP contribution in [0.5, 0.6) is 0 Å². The molecule has 0 unspecified atom stereocenters. The third-order valence-corrected chi connectivity index (χ3v) is 0. The van der Waals surface area contributed by atoms with Gasteiger partial charge in [-0.3, -0.25) is 9.11 Å². The topological polar surface area (TPSA) is 74.6 Å². The molecule has 0 saturated heterocycles. The first-order valence-electron chi connectivity index (χ1n) is 1.08. The van der Waals surface area contributed by atoms with Crippen LogP contribution in [0.3, 0.4) is 0 Å². The van der Waals surface area contributed by atoms with E-state index >= 15 is 0 Å². The fraction of sp³-hybridized carbons (Fsp3) is 0. The van der Waals surface area contributed by atoms with Gasteiger partial charge in [0.1, 0.15) is 0 Å². The molecule has 0 aliphatic heterocycles. The van der Waals surface area contributed by atoms with E-state index in [1.807, 2.05) is 0 Å². The van der Waals surface area contributed by atoms with Crippen LogP contribution in [-0.2, 0) is 27.5 Å². The number of halogens is 1. The van der Waals surface area contributed by atoms with Crippen molar-refractivity contribution in [3.63, 3.8) is 0 Å². The van der Waals surface area contributed by atoms with Crippen molar-refractivity contribution in [2.75, 3.05) is 0 Å². The molecule has 0 aromatic carbocycles. The van der Waals surface area contributed by atoms with Crippen LogP contribution in [0, 0.1) is 0 Å². The molecular formula is H2CuIKO4S. The first-order valence-corrected chi connectivity index (χ1v) is 12.5. The predicted octanol–water partition coefficient (Wildman–Crippen LogP) is -0.150. The van der Waals surface area contributed by atoms with Crippen LogP contribution in [0.2, 0.25) is 0 Å². The molecule has 0 aromatic heterocycles. The van der Waals surface area contributed by atoms with Gasteiger partial charge >= 0.3 is 64.4 Å². The summed E-state index contributed by atoms with van der Waals surface area (Å²) in [6.07, 6.45) is 0. The maximum atomic E-state index is 8.74. The van der Waals surface area contributed by atoms with Gasteiger partial charge in [-0.25, -0.2) is 0 Å². The second-order valence-corrected chi connectivity index (χ2v) is 1.34. The Labute approximate surface area is 96.3 Å². The Morgan fingerprint density at radius 1 is 1.25 bits per heavy atom. The monoisotopic (exact) mass is 327 g/mol. The van der Waals surface area contributed by atoms with E-state index in [0.717, 1.165) is 42.7 Å². The van der Waals surface area contributed by atoms with Gasteiger partial charge in [0.25, 0.3) is 0 Å². The SMILES string of the molecule is O=S(=O)(O)O.[Cu].[K][I]. The third-order valence-electron chi connectivity index (χ3n) is 0. The van der Waals surface area contributed by atoms with E-state index in [9.17, 15) is 0 Å². The Morgan fingerprint density at radius 3 is 1.25 bits per heavy atom. The molecule has 0 rings (SSSR count). The molecule has 8 heavy (non-hydrogen) atoms. The van der Waals surface area contributed by atoms with Gasteiger partial charge in [-0.05, 0) is 0 Å². The number of hydrogen-bond donors (Lipinski definition) is 2. The Kier molecular flexibility index (Phi) is 20.8. The van der Waals surface area contributed by atoms with Crippen molar-refractivity contribution in [3.8, 4) is 0 Å². The predicted molar refractivity (Wildman–Crippen MR) is 34.0 cm³/mol. The Morgan fingerprint density at radius 2 is 1.25 bits per heavy atom. The molecule has 0 saturated carbocycles. The zero-order valence-electron chi connectivity index (χ0n) is 3.80. The fourth-order valence-corrected chi connectivity index (χ4v) is 0. The average Bonchev–Trinajstić information content (AvgIpc) is 1.36. The van der Waals surface area contributed by atoms with E-state index < -0.39 is 10.4 Å². The van der Waals surface area contributed by atoms with Crippen molar-refractivity contribution < 1.29 is 34.6 Å². The van der Waals surface area contributed by atoms with Crippen LogP contribution in [0.15, 0.2) is 0 Å². The minimum atomic E-state index is -4.67. The van der Waals surface area contributed by atoms with E-state index in [1.165, 1.54) is 0 Å². The molecular weight excluding hydrogens is 326 g/mol. The molecule has 4 nitrogen and oxygen atoms in total. The first-order chi connectivity index (χ1) is 3.00. The molecule has 1 radical (unpaired) electrons. The van der Waals surface area contributed by atoms with Crippen LogP contribution < -0.4 is 0 Å². The summed E-state index contributed by atoms with van der Waals surface area (Å²) in [6, 6.07) is 0. The van der Waals surface area contributed by atoms with Crippen molar-refractivity contribution in [3.05, 3.63) is 0 Å². The van der Waals surface area contributed by atoms with Gasteiger partial charge in [-0.2, -0.15) is 8.42 Å². The molecule has 0 aliphatic rings. The molecule has 0 aliphatic carbocycles. The zero-order chi connectivity index (χ0) is 6.50. The maximum absolute atomic E-state index is 8.74. The summed E-state index contributed by atoms with van der Waals surface area (Å²) in [6.45, 7) is 0. The standard InChI is InChI=1S/Cu.HI.K.H2O4S/c;;;1-5(2,3)4/h;1H;;(H2,1,2,3,4)/q;;+1;/p-1. The molecule has 0 heterocycles. The van der Waals surface area contributed by atoms with Crippen molar-refractivity contribution in [1.82, 2.24) is 0 Å². The van der Waals surface area contributed by atoms with E-state index in [4.69, 9.17) is 17.5 Å².